The summed E-state index contributed by atoms with van der Waals surface area (Å²) in [5.41, 5.74) is 2.25. The van der Waals surface area contributed by atoms with Crippen molar-refractivity contribution in [2.45, 2.75) is 6.42 Å². The fourth-order valence-electron chi connectivity index (χ4n) is 2.37. The molecule has 0 spiro atoms. The van der Waals surface area contributed by atoms with E-state index in [-0.39, 0.29) is 0 Å². The minimum atomic E-state index is -1.09. The number of anilines is 1. The summed E-state index contributed by atoms with van der Waals surface area (Å²) in [5, 5.41) is 8.71. The molecular weight excluding hydrogens is 273 g/mol. The molecule has 112 valence electrons. The SMILES string of the molecule is COCC1=CCN(c2cccc(F)c2/C=C/C(=O)O)CC1. The molecule has 0 radical (unpaired) electrons. The van der Waals surface area contributed by atoms with Crippen molar-refractivity contribution in [1.29, 1.82) is 0 Å². The van der Waals surface area contributed by atoms with E-state index in [9.17, 15) is 9.18 Å². The number of halogens is 1. The lowest BCUT2D eigenvalue weighted by Gasteiger charge is -2.29. The number of nitrogens with zero attached hydrogens (tertiary/aromatic N) is 1. The van der Waals surface area contributed by atoms with Gasteiger partial charge in [0.15, 0.2) is 0 Å². The van der Waals surface area contributed by atoms with Crippen molar-refractivity contribution < 1.29 is 19.0 Å². The van der Waals surface area contributed by atoms with Crippen LogP contribution >= 0.6 is 0 Å². The van der Waals surface area contributed by atoms with E-state index >= 15 is 0 Å². The third kappa shape index (κ3) is 3.92. The highest BCUT2D eigenvalue weighted by Crippen LogP contribution is 2.27. The summed E-state index contributed by atoms with van der Waals surface area (Å²) in [6.07, 6.45) is 5.19. The van der Waals surface area contributed by atoms with Crippen molar-refractivity contribution in [2.75, 3.05) is 31.7 Å². The number of carboxylic acid groups (broad SMARTS) is 1. The van der Waals surface area contributed by atoms with E-state index < -0.39 is 11.8 Å². The first-order valence-corrected chi connectivity index (χ1v) is 6.73. The summed E-state index contributed by atoms with van der Waals surface area (Å²) in [6.45, 7) is 2.03. The van der Waals surface area contributed by atoms with Gasteiger partial charge in [-0.05, 0) is 30.2 Å². The molecule has 0 aliphatic carbocycles. The Labute approximate surface area is 123 Å². The lowest BCUT2D eigenvalue weighted by atomic mass is 10.1. The summed E-state index contributed by atoms with van der Waals surface area (Å²) in [7, 11) is 1.66. The van der Waals surface area contributed by atoms with Crippen LogP contribution in [0.25, 0.3) is 6.08 Å². The highest BCUT2D eigenvalue weighted by molar-refractivity contribution is 5.87. The molecule has 1 aromatic carbocycles. The fourth-order valence-corrected chi connectivity index (χ4v) is 2.37. The predicted octanol–water partition coefficient (Wildman–Crippen LogP) is 2.71. The van der Waals surface area contributed by atoms with Crippen molar-refractivity contribution >= 4 is 17.7 Å². The third-order valence-corrected chi connectivity index (χ3v) is 3.40. The number of aliphatic carboxylic acids is 1. The van der Waals surface area contributed by atoms with Crippen LogP contribution in [-0.4, -0.2) is 37.9 Å². The Bertz CT molecular complexity index is 581. The highest BCUT2D eigenvalue weighted by Gasteiger charge is 2.16. The van der Waals surface area contributed by atoms with E-state index in [0.29, 0.717) is 24.4 Å². The Kier molecular flexibility index (Phi) is 5.11. The molecule has 0 atom stereocenters. The van der Waals surface area contributed by atoms with E-state index in [2.05, 4.69) is 6.08 Å². The molecule has 1 aliphatic heterocycles. The molecule has 0 amide bonds. The van der Waals surface area contributed by atoms with Gasteiger partial charge in [0.05, 0.1) is 6.61 Å². The summed E-state index contributed by atoms with van der Waals surface area (Å²) < 4.78 is 19.1. The lowest BCUT2D eigenvalue weighted by Crippen LogP contribution is -2.30. The molecule has 4 nitrogen and oxygen atoms in total. The van der Waals surface area contributed by atoms with Crippen LogP contribution in [0.5, 0.6) is 0 Å². The minimum Gasteiger partial charge on any atom is -0.478 e. The zero-order valence-electron chi connectivity index (χ0n) is 11.9. The third-order valence-electron chi connectivity index (χ3n) is 3.40. The molecule has 0 aromatic heterocycles. The Hall–Kier alpha value is -2.14. The van der Waals surface area contributed by atoms with Gasteiger partial charge >= 0.3 is 5.97 Å². The second kappa shape index (κ2) is 7.04. The van der Waals surface area contributed by atoms with Gasteiger partial charge in [-0.15, -0.1) is 0 Å². The monoisotopic (exact) mass is 291 g/mol. The molecular formula is C16H18FNO3. The minimum absolute atomic E-state index is 0.309. The number of benzene rings is 1. The average molecular weight is 291 g/mol. The zero-order valence-corrected chi connectivity index (χ0v) is 11.9. The van der Waals surface area contributed by atoms with Crippen molar-refractivity contribution in [2.24, 2.45) is 0 Å². The highest BCUT2D eigenvalue weighted by atomic mass is 19.1. The maximum atomic E-state index is 13.9. The second-order valence-corrected chi connectivity index (χ2v) is 4.84. The van der Waals surface area contributed by atoms with Crippen LogP contribution in [0, 0.1) is 5.82 Å². The van der Waals surface area contributed by atoms with E-state index in [1.165, 1.54) is 17.7 Å². The van der Waals surface area contributed by atoms with Gasteiger partial charge in [-0.2, -0.15) is 0 Å². The standard InChI is InChI=1S/C16H18FNO3/c1-21-11-12-7-9-18(10-8-12)15-4-2-3-14(17)13(15)5-6-16(19)20/h2-7H,8-11H2,1H3,(H,19,20)/b6-5+. The Morgan fingerprint density at radius 1 is 1.52 bits per heavy atom. The molecule has 0 unspecified atom stereocenters. The van der Waals surface area contributed by atoms with Crippen LogP contribution in [0.3, 0.4) is 0 Å². The van der Waals surface area contributed by atoms with E-state index in [4.69, 9.17) is 9.84 Å². The van der Waals surface area contributed by atoms with Crippen molar-refractivity contribution in [3.05, 3.63) is 47.3 Å². The molecule has 1 heterocycles. The number of carboxylic acids is 1. The maximum Gasteiger partial charge on any atom is 0.328 e. The molecule has 1 aromatic rings. The Balaban J connectivity index is 2.24. The quantitative estimate of drug-likeness (QED) is 0.669. The zero-order chi connectivity index (χ0) is 15.2. The first kappa shape index (κ1) is 15.3. The van der Waals surface area contributed by atoms with E-state index in [1.807, 2.05) is 4.90 Å². The Morgan fingerprint density at radius 2 is 2.33 bits per heavy atom. The molecule has 5 heteroatoms. The number of carbonyl (C=O) groups is 1. The largest absolute Gasteiger partial charge is 0.478 e. The van der Waals surface area contributed by atoms with Crippen LogP contribution in [0.15, 0.2) is 35.9 Å². The second-order valence-electron chi connectivity index (χ2n) is 4.84. The molecule has 0 bridgehead atoms. The van der Waals surface area contributed by atoms with E-state index in [1.54, 1.807) is 19.2 Å². The molecule has 0 fully saturated rings. The van der Waals surface area contributed by atoms with Gasteiger partial charge in [0.2, 0.25) is 0 Å². The van der Waals surface area contributed by atoms with Gasteiger partial charge in [-0.1, -0.05) is 12.1 Å². The Morgan fingerprint density at radius 3 is 2.95 bits per heavy atom. The molecule has 2 rings (SSSR count). The molecule has 0 saturated heterocycles. The summed E-state index contributed by atoms with van der Waals surface area (Å²) in [6, 6.07) is 4.78. The van der Waals surface area contributed by atoms with Crippen molar-refractivity contribution in [1.82, 2.24) is 0 Å². The topological polar surface area (TPSA) is 49.8 Å². The van der Waals surface area contributed by atoms with Crippen LogP contribution in [0.4, 0.5) is 10.1 Å². The summed E-state index contributed by atoms with van der Waals surface area (Å²) in [4.78, 5) is 12.7. The number of ether oxygens (including phenoxy) is 1. The van der Waals surface area contributed by atoms with Crippen LogP contribution < -0.4 is 4.90 Å². The first-order valence-electron chi connectivity index (χ1n) is 6.73. The van der Waals surface area contributed by atoms with Gasteiger partial charge < -0.3 is 14.7 Å². The van der Waals surface area contributed by atoms with Crippen LogP contribution in [0.2, 0.25) is 0 Å². The summed E-state index contributed by atoms with van der Waals surface area (Å²) >= 11 is 0. The van der Waals surface area contributed by atoms with Gasteiger partial charge in [0.1, 0.15) is 5.82 Å². The van der Waals surface area contributed by atoms with Crippen molar-refractivity contribution in [3.63, 3.8) is 0 Å². The molecule has 0 saturated carbocycles. The predicted molar refractivity (Wildman–Crippen MR) is 79.9 cm³/mol. The van der Waals surface area contributed by atoms with Gasteiger partial charge in [-0.3, -0.25) is 0 Å². The molecule has 1 N–H and O–H groups in total. The van der Waals surface area contributed by atoms with Crippen LogP contribution in [-0.2, 0) is 9.53 Å². The lowest BCUT2D eigenvalue weighted by molar-refractivity contribution is -0.131. The molecule has 1 aliphatic rings. The fraction of sp³-hybridized carbons (Fsp3) is 0.312. The average Bonchev–Trinajstić information content (AvgIpc) is 2.47. The van der Waals surface area contributed by atoms with E-state index in [0.717, 1.165) is 19.0 Å². The number of hydrogen-bond donors (Lipinski definition) is 1. The summed E-state index contributed by atoms with van der Waals surface area (Å²) in [5.74, 6) is -1.51. The molecule has 21 heavy (non-hydrogen) atoms. The smallest absolute Gasteiger partial charge is 0.328 e. The van der Waals surface area contributed by atoms with Gasteiger partial charge in [0, 0.05) is 37.5 Å². The normalized spacial score (nSPS) is 15.3. The van der Waals surface area contributed by atoms with Crippen LogP contribution in [0.1, 0.15) is 12.0 Å². The number of rotatable bonds is 5. The van der Waals surface area contributed by atoms with Gasteiger partial charge in [-0.25, -0.2) is 9.18 Å². The first-order chi connectivity index (χ1) is 10.1. The maximum absolute atomic E-state index is 13.9. The van der Waals surface area contributed by atoms with Gasteiger partial charge in [0.25, 0.3) is 0 Å². The van der Waals surface area contributed by atoms with Crippen molar-refractivity contribution in [3.8, 4) is 0 Å². The number of methoxy groups -OCH3 is 1. The number of hydrogen-bond acceptors (Lipinski definition) is 3.